The molecule has 0 aromatic carbocycles. The molecule has 1 fully saturated rings. The minimum atomic E-state index is -0.905. The monoisotopic (exact) mass is 410 g/mol. The van der Waals surface area contributed by atoms with Crippen molar-refractivity contribution in [1.29, 1.82) is 0 Å². The van der Waals surface area contributed by atoms with Crippen LogP contribution in [0.5, 0.6) is 0 Å². The van der Waals surface area contributed by atoms with E-state index in [4.69, 9.17) is 5.11 Å². The number of aliphatic carboxylic acids is 1. The Balaban J connectivity index is 2.02. The summed E-state index contributed by atoms with van der Waals surface area (Å²) in [6, 6.07) is 0. The van der Waals surface area contributed by atoms with Gasteiger partial charge in [-0.25, -0.2) is 4.79 Å². The average molecular weight is 411 g/mol. The molecule has 2 rings (SSSR count). The van der Waals surface area contributed by atoms with E-state index in [1.54, 1.807) is 6.92 Å². The number of hydrogen-bond acceptors (Lipinski definition) is 1. The quantitative estimate of drug-likeness (QED) is 0.323. The summed E-state index contributed by atoms with van der Waals surface area (Å²) in [5, 5.41) is 8.79. The fourth-order valence-electron chi connectivity index (χ4n) is 5.30. The molecular weight excluding hydrogens is 368 g/mol. The number of carboxylic acids is 1. The molecule has 0 heterocycles. The van der Waals surface area contributed by atoms with Crippen molar-refractivity contribution in [3.05, 3.63) is 58.7 Å². The van der Waals surface area contributed by atoms with Gasteiger partial charge in [0.15, 0.2) is 0 Å². The minimum Gasteiger partial charge on any atom is -0.478 e. The van der Waals surface area contributed by atoms with Gasteiger partial charge in [-0.3, -0.25) is 0 Å². The van der Waals surface area contributed by atoms with Gasteiger partial charge in [0.25, 0.3) is 0 Å². The van der Waals surface area contributed by atoms with Gasteiger partial charge < -0.3 is 5.11 Å². The predicted octanol–water partition coefficient (Wildman–Crippen LogP) is 8.19. The van der Waals surface area contributed by atoms with Gasteiger partial charge in [-0.15, -0.1) is 0 Å². The van der Waals surface area contributed by atoms with E-state index in [2.05, 4.69) is 39.8 Å². The summed E-state index contributed by atoms with van der Waals surface area (Å²) in [5.74, 6) is 0.838. The molecular formula is C28H42O2. The van der Waals surface area contributed by atoms with Crippen LogP contribution in [0.3, 0.4) is 0 Å². The second kappa shape index (κ2) is 11.5. The second-order valence-corrected chi connectivity index (χ2v) is 10.1. The maximum absolute atomic E-state index is 10.7. The van der Waals surface area contributed by atoms with E-state index in [0.29, 0.717) is 0 Å². The van der Waals surface area contributed by atoms with Crippen molar-refractivity contribution >= 4 is 5.97 Å². The third-order valence-corrected chi connectivity index (χ3v) is 7.27. The van der Waals surface area contributed by atoms with Gasteiger partial charge >= 0.3 is 5.97 Å². The minimum absolute atomic E-state index is 0.227. The number of carboxylic acid groups (broad SMARTS) is 1. The Bertz CT molecular complexity index is 737. The number of allylic oxidation sites excluding steroid dienone is 9. The smallest absolute Gasteiger partial charge is 0.328 e. The molecule has 1 saturated carbocycles. The Hall–Kier alpha value is -1.83. The van der Waals surface area contributed by atoms with E-state index in [1.165, 1.54) is 80.6 Å². The highest BCUT2D eigenvalue weighted by molar-refractivity contribution is 5.81. The van der Waals surface area contributed by atoms with Crippen LogP contribution >= 0.6 is 0 Å². The van der Waals surface area contributed by atoms with E-state index >= 15 is 0 Å². The number of hydrogen-bond donors (Lipinski definition) is 1. The van der Waals surface area contributed by atoms with Crippen LogP contribution in [0, 0.1) is 17.3 Å². The summed E-state index contributed by atoms with van der Waals surface area (Å²) in [5.41, 5.74) is 5.19. The van der Waals surface area contributed by atoms with E-state index in [-0.39, 0.29) is 5.41 Å². The molecule has 1 atom stereocenters. The maximum Gasteiger partial charge on any atom is 0.328 e. The number of rotatable bonds is 8. The largest absolute Gasteiger partial charge is 0.478 e. The summed E-state index contributed by atoms with van der Waals surface area (Å²) in [6.45, 7) is 11.1. The van der Waals surface area contributed by atoms with Crippen LogP contribution in [0.2, 0.25) is 0 Å². The molecule has 30 heavy (non-hydrogen) atoms. The van der Waals surface area contributed by atoms with Gasteiger partial charge in [0.05, 0.1) is 0 Å². The fraction of sp³-hybridized carbons (Fsp3) is 0.607. The lowest BCUT2D eigenvalue weighted by atomic mass is 9.63. The lowest BCUT2D eigenvalue weighted by Crippen LogP contribution is -2.30. The van der Waals surface area contributed by atoms with Crippen LogP contribution in [0.4, 0.5) is 0 Å². The zero-order valence-electron chi connectivity index (χ0n) is 19.8. The summed E-state index contributed by atoms with van der Waals surface area (Å²) in [6.07, 6.45) is 24.1. The molecule has 0 aromatic rings. The van der Waals surface area contributed by atoms with Crippen LogP contribution in [-0.4, -0.2) is 11.1 Å². The first kappa shape index (κ1) is 24.4. The van der Waals surface area contributed by atoms with Crippen molar-refractivity contribution in [1.82, 2.24) is 0 Å². The topological polar surface area (TPSA) is 37.3 Å². The summed E-state index contributed by atoms with van der Waals surface area (Å²) < 4.78 is 0. The highest BCUT2D eigenvalue weighted by atomic mass is 16.4. The van der Waals surface area contributed by atoms with Crippen molar-refractivity contribution in [3.8, 4) is 0 Å². The molecule has 0 aliphatic heterocycles. The highest BCUT2D eigenvalue weighted by Crippen LogP contribution is 2.48. The Kier molecular flexibility index (Phi) is 9.39. The van der Waals surface area contributed by atoms with Crippen molar-refractivity contribution in [2.45, 2.75) is 92.4 Å². The Morgan fingerprint density at radius 2 is 1.73 bits per heavy atom. The van der Waals surface area contributed by atoms with E-state index in [1.807, 2.05) is 18.2 Å². The molecule has 0 bridgehead atoms. The van der Waals surface area contributed by atoms with Crippen molar-refractivity contribution < 1.29 is 9.90 Å². The first-order chi connectivity index (χ1) is 14.2. The first-order valence-electron chi connectivity index (χ1n) is 11.8. The van der Waals surface area contributed by atoms with Crippen molar-refractivity contribution in [3.63, 3.8) is 0 Å². The first-order valence-corrected chi connectivity index (χ1v) is 11.8. The van der Waals surface area contributed by atoms with Crippen LogP contribution in [0.15, 0.2) is 58.7 Å². The summed E-state index contributed by atoms with van der Waals surface area (Å²) >= 11 is 0. The molecule has 2 aliphatic carbocycles. The molecule has 0 spiro atoms. The van der Waals surface area contributed by atoms with Gasteiger partial charge in [0.1, 0.15) is 0 Å². The van der Waals surface area contributed by atoms with E-state index in [0.717, 1.165) is 17.4 Å². The van der Waals surface area contributed by atoms with Gasteiger partial charge in [-0.1, -0.05) is 93.9 Å². The molecule has 0 amide bonds. The fourth-order valence-corrected chi connectivity index (χ4v) is 5.30. The lowest BCUT2D eigenvalue weighted by molar-refractivity contribution is -0.131. The highest BCUT2D eigenvalue weighted by Gasteiger charge is 2.36. The molecule has 2 heteroatoms. The average Bonchev–Trinajstić information content (AvgIpc) is 2.67. The van der Waals surface area contributed by atoms with Crippen LogP contribution < -0.4 is 0 Å². The molecule has 166 valence electrons. The van der Waals surface area contributed by atoms with Crippen molar-refractivity contribution in [2.75, 3.05) is 0 Å². The predicted molar refractivity (Wildman–Crippen MR) is 128 cm³/mol. The SMILES string of the molecule is CC1=C(/C=C/C(C)=C/C=C/C(C)=C/C(=O)O)C(C)(C)C(CCC2CCCCC2)CC1. The van der Waals surface area contributed by atoms with E-state index in [9.17, 15) is 4.79 Å². The maximum atomic E-state index is 10.7. The Morgan fingerprint density at radius 1 is 1.03 bits per heavy atom. The molecule has 0 saturated heterocycles. The third-order valence-electron chi connectivity index (χ3n) is 7.27. The second-order valence-electron chi connectivity index (χ2n) is 10.1. The summed E-state index contributed by atoms with van der Waals surface area (Å²) in [4.78, 5) is 10.7. The zero-order chi connectivity index (χ0) is 22.1. The van der Waals surface area contributed by atoms with Gasteiger partial charge in [-0.2, -0.15) is 0 Å². The summed E-state index contributed by atoms with van der Waals surface area (Å²) in [7, 11) is 0. The molecule has 0 aromatic heterocycles. The molecule has 1 unspecified atom stereocenters. The van der Waals surface area contributed by atoms with Crippen molar-refractivity contribution in [2.24, 2.45) is 17.3 Å². The Morgan fingerprint density at radius 3 is 2.40 bits per heavy atom. The molecule has 2 nitrogen and oxygen atoms in total. The van der Waals surface area contributed by atoms with Crippen LogP contribution in [-0.2, 0) is 4.79 Å². The number of carbonyl (C=O) groups is 1. The van der Waals surface area contributed by atoms with Crippen LogP contribution in [0.25, 0.3) is 0 Å². The van der Waals surface area contributed by atoms with Gasteiger partial charge in [0, 0.05) is 6.08 Å². The van der Waals surface area contributed by atoms with Gasteiger partial charge in [0.2, 0.25) is 0 Å². The third kappa shape index (κ3) is 7.45. The standard InChI is InChI=1S/C28H42O2/c1-21(10-9-11-22(2)20-27(29)30)14-19-26-23(3)15-17-25(28(26,4)5)18-16-24-12-7-6-8-13-24/h9-11,14,19-20,24-25H,6-8,12-13,15-18H2,1-5H3,(H,29,30)/b11-9+,19-14+,21-10+,22-20+. The molecule has 0 radical (unpaired) electrons. The Labute approximate surface area is 184 Å². The normalized spacial score (nSPS) is 24.2. The zero-order valence-corrected chi connectivity index (χ0v) is 19.8. The lowest BCUT2D eigenvalue weighted by Gasteiger charge is -2.42. The molecule has 2 aliphatic rings. The van der Waals surface area contributed by atoms with Gasteiger partial charge in [-0.05, 0) is 68.4 Å². The van der Waals surface area contributed by atoms with Crippen LogP contribution in [0.1, 0.15) is 92.4 Å². The van der Waals surface area contributed by atoms with E-state index < -0.39 is 5.97 Å². The molecule has 1 N–H and O–H groups in total.